The molecular formula is C13H21NOS2. The van der Waals surface area contributed by atoms with Crippen LogP contribution in [0.1, 0.15) is 17.7 Å². The number of aliphatic hydroxyl groups excluding tert-OH is 1. The highest BCUT2D eigenvalue weighted by Gasteiger charge is 2.15. The van der Waals surface area contributed by atoms with Gasteiger partial charge in [-0.15, -0.1) is 11.3 Å². The first kappa shape index (κ1) is 13.4. The molecule has 1 aromatic rings. The quantitative estimate of drug-likeness (QED) is 0.833. The molecule has 2 rings (SSSR count). The average Bonchev–Trinajstić information content (AvgIpc) is 2.88. The molecule has 1 aliphatic heterocycles. The molecule has 0 bridgehead atoms. The van der Waals surface area contributed by atoms with Crippen molar-refractivity contribution in [3.63, 3.8) is 0 Å². The third-order valence-corrected chi connectivity index (χ3v) is 5.19. The fourth-order valence-electron chi connectivity index (χ4n) is 2.15. The predicted octanol–water partition coefficient (Wildman–Crippen LogP) is 2.38. The van der Waals surface area contributed by atoms with E-state index in [4.69, 9.17) is 0 Å². The van der Waals surface area contributed by atoms with Gasteiger partial charge in [0.15, 0.2) is 0 Å². The highest BCUT2D eigenvalue weighted by atomic mass is 32.2. The second-order valence-corrected chi connectivity index (χ2v) is 6.88. The topological polar surface area (TPSA) is 32.3 Å². The summed E-state index contributed by atoms with van der Waals surface area (Å²) in [5.74, 6) is 2.93. The summed E-state index contributed by atoms with van der Waals surface area (Å²) >= 11 is 3.84. The standard InChI is InChI=1S/C13H21NOS2/c15-10-11(8-13-2-1-5-17-13)9-14-12-3-6-16-7-4-12/h1-2,5,11-12,14-15H,3-4,6-10H2/t11-/m1/s1. The van der Waals surface area contributed by atoms with Crippen LogP contribution in [0.3, 0.4) is 0 Å². The number of nitrogens with one attached hydrogen (secondary N) is 1. The summed E-state index contributed by atoms with van der Waals surface area (Å²) < 4.78 is 0. The van der Waals surface area contributed by atoms with E-state index >= 15 is 0 Å². The lowest BCUT2D eigenvalue weighted by Gasteiger charge is -2.25. The Bertz CT molecular complexity index is 296. The molecule has 2 heterocycles. The van der Waals surface area contributed by atoms with Crippen LogP contribution >= 0.6 is 23.1 Å². The fraction of sp³-hybridized carbons (Fsp3) is 0.692. The Balaban J connectivity index is 1.71. The normalized spacial score (nSPS) is 19.4. The van der Waals surface area contributed by atoms with E-state index in [1.807, 2.05) is 0 Å². The molecular weight excluding hydrogens is 250 g/mol. The Labute approximate surface area is 112 Å². The maximum absolute atomic E-state index is 9.41. The van der Waals surface area contributed by atoms with E-state index in [1.54, 1.807) is 11.3 Å². The van der Waals surface area contributed by atoms with Crippen LogP contribution in [-0.2, 0) is 6.42 Å². The van der Waals surface area contributed by atoms with Gasteiger partial charge in [0.05, 0.1) is 0 Å². The molecule has 0 unspecified atom stereocenters. The summed E-state index contributed by atoms with van der Waals surface area (Å²) in [5, 5.41) is 15.1. The van der Waals surface area contributed by atoms with Gasteiger partial charge in [0.25, 0.3) is 0 Å². The van der Waals surface area contributed by atoms with E-state index in [2.05, 4.69) is 34.6 Å². The number of aliphatic hydroxyl groups is 1. The summed E-state index contributed by atoms with van der Waals surface area (Å²) in [6, 6.07) is 4.92. The Morgan fingerprint density at radius 2 is 2.24 bits per heavy atom. The van der Waals surface area contributed by atoms with Crippen LogP contribution in [0.15, 0.2) is 17.5 Å². The Morgan fingerprint density at radius 3 is 2.88 bits per heavy atom. The molecule has 1 fully saturated rings. The van der Waals surface area contributed by atoms with Gasteiger partial charge >= 0.3 is 0 Å². The Morgan fingerprint density at radius 1 is 1.41 bits per heavy atom. The second kappa shape index (κ2) is 7.41. The minimum atomic E-state index is 0.284. The second-order valence-electron chi connectivity index (χ2n) is 4.63. The summed E-state index contributed by atoms with van der Waals surface area (Å²) in [6.07, 6.45) is 3.56. The molecule has 1 aliphatic rings. The van der Waals surface area contributed by atoms with E-state index < -0.39 is 0 Å². The molecule has 0 saturated carbocycles. The molecule has 4 heteroatoms. The molecule has 1 atom stereocenters. The van der Waals surface area contributed by atoms with Crippen LogP contribution in [0, 0.1) is 5.92 Å². The van der Waals surface area contributed by atoms with Crippen LogP contribution in [0.5, 0.6) is 0 Å². The van der Waals surface area contributed by atoms with E-state index in [-0.39, 0.29) is 6.61 Å². The predicted molar refractivity (Wildman–Crippen MR) is 76.9 cm³/mol. The first-order valence-electron chi connectivity index (χ1n) is 6.33. The molecule has 0 aliphatic carbocycles. The molecule has 2 nitrogen and oxygen atoms in total. The van der Waals surface area contributed by atoms with Crippen molar-refractivity contribution in [2.24, 2.45) is 5.92 Å². The van der Waals surface area contributed by atoms with Gasteiger partial charge in [0, 0.05) is 24.1 Å². The van der Waals surface area contributed by atoms with Gasteiger partial charge in [-0.25, -0.2) is 0 Å². The van der Waals surface area contributed by atoms with E-state index in [0.29, 0.717) is 12.0 Å². The molecule has 0 radical (unpaired) electrons. The van der Waals surface area contributed by atoms with Gasteiger partial charge in [0.1, 0.15) is 0 Å². The van der Waals surface area contributed by atoms with Gasteiger partial charge in [-0.1, -0.05) is 6.07 Å². The minimum absolute atomic E-state index is 0.284. The van der Waals surface area contributed by atoms with E-state index in [9.17, 15) is 5.11 Å². The van der Waals surface area contributed by atoms with Gasteiger partial charge in [0.2, 0.25) is 0 Å². The minimum Gasteiger partial charge on any atom is -0.396 e. The first-order valence-corrected chi connectivity index (χ1v) is 8.36. The summed E-state index contributed by atoms with van der Waals surface area (Å²) in [5.41, 5.74) is 0. The zero-order valence-electron chi connectivity index (χ0n) is 10.1. The third-order valence-electron chi connectivity index (χ3n) is 3.24. The molecule has 17 heavy (non-hydrogen) atoms. The lowest BCUT2D eigenvalue weighted by atomic mass is 10.0. The number of rotatable bonds is 6. The van der Waals surface area contributed by atoms with E-state index in [0.717, 1.165) is 13.0 Å². The Hall–Kier alpha value is -0.0300. The summed E-state index contributed by atoms with van der Waals surface area (Å²) in [6.45, 7) is 1.23. The largest absolute Gasteiger partial charge is 0.396 e. The van der Waals surface area contributed by atoms with Gasteiger partial charge in [-0.2, -0.15) is 11.8 Å². The molecule has 1 aromatic heterocycles. The lowest BCUT2D eigenvalue weighted by Crippen LogP contribution is -2.37. The fourth-order valence-corrected chi connectivity index (χ4v) is 4.08. The monoisotopic (exact) mass is 271 g/mol. The number of hydrogen-bond donors (Lipinski definition) is 2. The molecule has 0 spiro atoms. The molecule has 0 amide bonds. The Kier molecular flexibility index (Phi) is 5.85. The highest BCUT2D eigenvalue weighted by molar-refractivity contribution is 7.99. The zero-order valence-corrected chi connectivity index (χ0v) is 11.7. The van der Waals surface area contributed by atoms with Crippen molar-refractivity contribution in [3.05, 3.63) is 22.4 Å². The van der Waals surface area contributed by atoms with Crippen LogP contribution in [0.4, 0.5) is 0 Å². The maximum atomic E-state index is 9.41. The SMILES string of the molecule is OC[C@@H](CNC1CCSCC1)Cc1cccs1. The van der Waals surface area contributed by atoms with Crippen LogP contribution in [-0.4, -0.2) is 35.8 Å². The van der Waals surface area contributed by atoms with E-state index in [1.165, 1.54) is 29.2 Å². The highest BCUT2D eigenvalue weighted by Crippen LogP contribution is 2.18. The van der Waals surface area contributed by atoms with Crippen molar-refractivity contribution in [1.29, 1.82) is 0 Å². The molecule has 1 saturated heterocycles. The van der Waals surface area contributed by atoms with Crippen molar-refractivity contribution in [2.45, 2.75) is 25.3 Å². The molecule has 96 valence electrons. The van der Waals surface area contributed by atoms with Crippen molar-refractivity contribution >= 4 is 23.1 Å². The summed E-state index contributed by atoms with van der Waals surface area (Å²) in [7, 11) is 0. The van der Waals surface area contributed by atoms with Crippen molar-refractivity contribution < 1.29 is 5.11 Å². The van der Waals surface area contributed by atoms with Gasteiger partial charge < -0.3 is 10.4 Å². The van der Waals surface area contributed by atoms with Crippen LogP contribution in [0.2, 0.25) is 0 Å². The smallest absolute Gasteiger partial charge is 0.0474 e. The summed E-state index contributed by atoms with van der Waals surface area (Å²) in [4.78, 5) is 1.38. The van der Waals surface area contributed by atoms with Crippen molar-refractivity contribution in [3.8, 4) is 0 Å². The van der Waals surface area contributed by atoms with Crippen molar-refractivity contribution in [1.82, 2.24) is 5.32 Å². The zero-order chi connectivity index (χ0) is 11.9. The average molecular weight is 271 g/mol. The van der Waals surface area contributed by atoms with Crippen LogP contribution in [0.25, 0.3) is 0 Å². The van der Waals surface area contributed by atoms with Gasteiger partial charge in [-0.05, 0) is 48.1 Å². The molecule has 2 N–H and O–H groups in total. The lowest BCUT2D eigenvalue weighted by molar-refractivity contribution is 0.217. The number of hydrogen-bond acceptors (Lipinski definition) is 4. The maximum Gasteiger partial charge on any atom is 0.0474 e. The first-order chi connectivity index (χ1) is 8.38. The third kappa shape index (κ3) is 4.62. The van der Waals surface area contributed by atoms with Crippen LogP contribution < -0.4 is 5.32 Å². The number of thioether (sulfide) groups is 1. The number of thiophene rings is 1. The van der Waals surface area contributed by atoms with Crippen molar-refractivity contribution in [2.75, 3.05) is 24.7 Å². The molecule has 0 aromatic carbocycles. The van der Waals surface area contributed by atoms with Gasteiger partial charge in [-0.3, -0.25) is 0 Å².